The van der Waals surface area contributed by atoms with E-state index in [1.165, 1.54) is 13.3 Å². The molecule has 1 atom stereocenters. The number of rotatable bonds is 3. The molecule has 22 heavy (non-hydrogen) atoms. The monoisotopic (exact) mass is 315 g/mol. The van der Waals surface area contributed by atoms with E-state index in [0.29, 0.717) is 25.5 Å². The summed E-state index contributed by atoms with van der Waals surface area (Å²) >= 11 is 0. The van der Waals surface area contributed by atoms with E-state index in [2.05, 4.69) is 15.3 Å². The van der Waals surface area contributed by atoms with Gasteiger partial charge >= 0.3 is 0 Å². The normalized spacial score (nSPS) is 26.6. The molecule has 122 valence electrons. The van der Waals surface area contributed by atoms with E-state index in [-0.39, 0.29) is 25.2 Å². The van der Waals surface area contributed by atoms with Gasteiger partial charge in [0.1, 0.15) is 0 Å². The summed E-state index contributed by atoms with van der Waals surface area (Å²) in [6.07, 6.45) is 2.00. The van der Waals surface area contributed by atoms with Crippen LogP contribution in [0.3, 0.4) is 0 Å². The molecule has 2 aliphatic rings. The molecule has 1 N–H and O–H groups in total. The Balaban J connectivity index is 1.73. The summed E-state index contributed by atoms with van der Waals surface area (Å²) in [5, 5.41) is 2.73. The van der Waals surface area contributed by atoms with Gasteiger partial charge in [-0.3, -0.25) is 0 Å². The molecule has 1 aromatic rings. The zero-order valence-corrected chi connectivity index (χ0v) is 12.3. The minimum atomic E-state index is -2.88. The molecule has 1 aliphatic heterocycles. The molecular formula is C14H19F2N3O3. The van der Waals surface area contributed by atoms with Crippen LogP contribution < -0.4 is 10.1 Å². The summed E-state index contributed by atoms with van der Waals surface area (Å²) in [5.41, 5.74) is 0. The third kappa shape index (κ3) is 3.12. The van der Waals surface area contributed by atoms with Crippen molar-refractivity contribution in [3.63, 3.8) is 0 Å². The van der Waals surface area contributed by atoms with Crippen LogP contribution in [0.2, 0.25) is 0 Å². The first kappa shape index (κ1) is 15.4. The van der Waals surface area contributed by atoms with Crippen molar-refractivity contribution in [2.75, 3.05) is 25.6 Å². The molecule has 1 spiro atoms. The summed E-state index contributed by atoms with van der Waals surface area (Å²) < 4.78 is 44.8. The van der Waals surface area contributed by atoms with Crippen molar-refractivity contribution in [3.8, 4) is 5.88 Å². The molecule has 8 heteroatoms. The number of alkyl halides is 2. The highest BCUT2D eigenvalue weighted by molar-refractivity contribution is 5.30. The van der Waals surface area contributed by atoms with Crippen LogP contribution >= 0.6 is 0 Å². The Morgan fingerprint density at radius 2 is 2.05 bits per heavy atom. The molecule has 1 unspecified atom stereocenters. The van der Waals surface area contributed by atoms with E-state index in [9.17, 15) is 8.78 Å². The maximum absolute atomic E-state index is 14.4. The molecule has 0 radical (unpaired) electrons. The molecule has 3 rings (SSSR count). The molecule has 1 saturated carbocycles. The van der Waals surface area contributed by atoms with Crippen molar-refractivity contribution in [2.45, 2.75) is 43.4 Å². The first-order chi connectivity index (χ1) is 10.5. The number of aromatic nitrogens is 2. The Morgan fingerprint density at radius 3 is 2.77 bits per heavy atom. The molecule has 0 amide bonds. The summed E-state index contributed by atoms with van der Waals surface area (Å²) in [5.74, 6) is -3.28. The van der Waals surface area contributed by atoms with Gasteiger partial charge in [-0.25, -0.2) is 13.8 Å². The molecule has 1 aliphatic carbocycles. The van der Waals surface area contributed by atoms with Crippen molar-refractivity contribution in [2.24, 2.45) is 0 Å². The standard InChI is InChI=1S/C14H19F2N3O3/c1-20-11-3-7-17-12(19-11)18-10-2-4-13(21-8-9-22-13)5-6-14(10,15)16/h3,7,10H,2,4-6,8-9H2,1H3,(H,17,18,19). The fourth-order valence-corrected chi connectivity index (χ4v) is 2.88. The number of hydrogen-bond donors (Lipinski definition) is 1. The molecule has 2 fully saturated rings. The molecular weight excluding hydrogens is 296 g/mol. The quantitative estimate of drug-likeness (QED) is 0.922. The molecule has 2 heterocycles. The summed E-state index contributed by atoms with van der Waals surface area (Å²) in [6.45, 7) is 0.922. The van der Waals surface area contributed by atoms with Crippen molar-refractivity contribution in [1.29, 1.82) is 0 Å². The van der Waals surface area contributed by atoms with Gasteiger partial charge in [0.25, 0.3) is 5.92 Å². The molecule has 6 nitrogen and oxygen atoms in total. The Labute approximate surface area is 127 Å². The summed E-state index contributed by atoms with van der Waals surface area (Å²) in [7, 11) is 1.46. The average molecular weight is 315 g/mol. The second-order valence-corrected chi connectivity index (χ2v) is 5.53. The van der Waals surface area contributed by atoms with Gasteiger partial charge in [-0.15, -0.1) is 0 Å². The largest absolute Gasteiger partial charge is 0.481 e. The highest BCUT2D eigenvalue weighted by Gasteiger charge is 2.49. The molecule has 0 bridgehead atoms. The van der Waals surface area contributed by atoms with Crippen LogP contribution in [0.1, 0.15) is 25.7 Å². The first-order valence-electron chi connectivity index (χ1n) is 7.32. The fraction of sp³-hybridized carbons (Fsp3) is 0.714. The van der Waals surface area contributed by atoms with Gasteiger partial charge < -0.3 is 19.5 Å². The van der Waals surface area contributed by atoms with E-state index >= 15 is 0 Å². The lowest BCUT2D eigenvalue weighted by atomic mass is 10.1. The number of nitrogens with zero attached hydrogens (tertiary/aromatic N) is 2. The van der Waals surface area contributed by atoms with Gasteiger partial charge in [0.2, 0.25) is 11.8 Å². The summed E-state index contributed by atoms with van der Waals surface area (Å²) in [6, 6.07) is 0.498. The Kier molecular flexibility index (Phi) is 4.14. The van der Waals surface area contributed by atoms with Gasteiger partial charge in [-0.2, -0.15) is 4.98 Å². The Hall–Kier alpha value is -1.54. The van der Waals surface area contributed by atoms with Crippen LogP contribution in [0.5, 0.6) is 5.88 Å². The lowest BCUT2D eigenvalue weighted by Gasteiger charge is -2.25. The number of methoxy groups -OCH3 is 1. The van der Waals surface area contributed by atoms with E-state index in [1.54, 1.807) is 6.07 Å². The Morgan fingerprint density at radius 1 is 1.27 bits per heavy atom. The fourth-order valence-electron chi connectivity index (χ4n) is 2.88. The lowest BCUT2D eigenvalue weighted by Crippen LogP contribution is -2.39. The summed E-state index contributed by atoms with van der Waals surface area (Å²) in [4.78, 5) is 8.00. The zero-order valence-electron chi connectivity index (χ0n) is 12.3. The maximum Gasteiger partial charge on any atom is 0.268 e. The van der Waals surface area contributed by atoms with Crippen LogP contribution in [0.25, 0.3) is 0 Å². The smallest absolute Gasteiger partial charge is 0.268 e. The minimum Gasteiger partial charge on any atom is -0.481 e. The van der Waals surface area contributed by atoms with Gasteiger partial charge in [0.15, 0.2) is 5.79 Å². The molecule has 1 aromatic heterocycles. The van der Waals surface area contributed by atoms with Gasteiger partial charge in [0, 0.05) is 31.5 Å². The Bertz CT molecular complexity index is 524. The highest BCUT2D eigenvalue weighted by atomic mass is 19.3. The predicted molar refractivity (Wildman–Crippen MR) is 74.0 cm³/mol. The van der Waals surface area contributed by atoms with Crippen LogP contribution in [0.15, 0.2) is 12.3 Å². The number of hydrogen-bond acceptors (Lipinski definition) is 6. The SMILES string of the molecule is COc1ccnc(NC2CCC3(CCC2(F)F)OCCO3)n1. The van der Waals surface area contributed by atoms with Crippen LogP contribution in [-0.4, -0.2) is 48.0 Å². The average Bonchev–Trinajstić information content (AvgIpc) is 2.94. The zero-order chi connectivity index (χ0) is 15.6. The van der Waals surface area contributed by atoms with Gasteiger partial charge in [-0.05, 0) is 6.42 Å². The lowest BCUT2D eigenvalue weighted by molar-refractivity contribution is -0.168. The van der Waals surface area contributed by atoms with Gasteiger partial charge in [-0.1, -0.05) is 0 Å². The van der Waals surface area contributed by atoms with Crippen molar-refractivity contribution in [3.05, 3.63) is 12.3 Å². The second kappa shape index (κ2) is 5.92. The number of anilines is 1. The van der Waals surface area contributed by atoms with Crippen LogP contribution in [0, 0.1) is 0 Å². The number of ether oxygens (including phenoxy) is 3. The third-order valence-corrected chi connectivity index (χ3v) is 4.12. The van der Waals surface area contributed by atoms with E-state index < -0.39 is 17.8 Å². The van der Waals surface area contributed by atoms with E-state index in [0.717, 1.165) is 0 Å². The van der Waals surface area contributed by atoms with Crippen LogP contribution in [-0.2, 0) is 9.47 Å². The highest BCUT2D eigenvalue weighted by Crippen LogP contribution is 2.41. The number of nitrogens with one attached hydrogen (secondary N) is 1. The van der Waals surface area contributed by atoms with Crippen molar-refractivity contribution in [1.82, 2.24) is 9.97 Å². The van der Waals surface area contributed by atoms with Gasteiger partial charge in [0.05, 0.1) is 26.4 Å². The molecule has 0 aromatic carbocycles. The van der Waals surface area contributed by atoms with Crippen LogP contribution in [0.4, 0.5) is 14.7 Å². The molecule has 1 saturated heterocycles. The number of halogens is 2. The third-order valence-electron chi connectivity index (χ3n) is 4.12. The van der Waals surface area contributed by atoms with E-state index in [4.69, 9.17) is 14.2 Å². The van der Waals surface area contributed by atoms with E-state index in [1.807, 2.05) is 0 Å². The van der Waals surface area contributed by atoms with Crippen molar-refractivity contribution >= 4 is 5.95 Å². The first-order valence-corrected chi connectivity index (χ1v) is 7.32. The predicted octanol–water partition coefficient (Wildman–Crippen LogP) is 2.22. The van der Waals surface area contributed by atoms with Crippen molar-refractivity contribution < 1.29 is 23.0 Å². The minimum absolute atomic E-state index is 0.133. The topological polar surface area (TPSA) is 65.5 Å². The maximum atomic E-state index is 14.4. The second-order valence-electron chi connectivity index (χ2n) is 5.53.